The van der Waals surface area contributed by atoms with Gasteiger partial charge in [0, 0.05) is 24.1 Å². The van der Waals surface area contributed by atoms with E-state index in [9.17, 15) is 4.39 Å². The number of aryl methyl sites for hydroxylation is 1. The first-order valence-corrected chi connectivity index (χ1v) is 5.32. The molecule has 0 spiro atoms. The van der Waals surface area contributed by atoms with Gasteiger partial charge in [0.05, 0.1) is 6.54 Å². The van der Waals surface area contributed by atoms with Crippen LogP contribution in [-0.2, 0) is 6.54 Å². The first-order valence-electron chi connectivity index (χ1n) is 5.32. The molecule has 0 saturated heterocycles. The fraction of sp³-hybridized carbons (Fsp3) is 0.250. The molecule has 0 aliphatic heterocycles. The van der Waals surface area contributed by atoms with Crippen LogP contribution < -0.4 is 10.5 Å². The molecule has 0 saturated carbocycles. The van der Waals surface area contributed by atoms with Gasteiger partial charge in [-0.2, -0.15) is 0 Å². The number of nitrogens with two attached hydrogens (primary N) is 1. The monoisotopic (exact) mass is 235 g/mol. The lowest BCUT2D eigenvalue weighted by Crippen LogP contribution is -2.09. The zero-order valence-electron chi connectivity index (χ0n) is 9.56. The summed E-state index contributed by atoms with van der Waals surface area (Å²) in [6, 6.07) is 4.39. The lowest BCUT2D eigenvalue weighted by molar-refractivity contribution is 0.283. The highest BCUT2D eigenvalue weighted by Crippen LogP contribution is 2.19. The Kier molecular flexibility index (Phi) is 3.27. The van der Waals surface area contributed by atoms with Gasteiger partial charge in [-0.25, -0.2) is 9.37 Å². The minimum Gasteiger partial charge on any atom is -0.489 e. The van der Waals surface area contributed by atoms with E-state index in [1.165, 1.54) is 12.1 Å². The molecule has 1 aromatic heterocycles. The van der Waals surface area contributed by atoms with Gasteiger partial charge >= 0.3 is 0 Å². The summed E-state index contributed by atoms with van der Waals surface area (Å²) < 4.78 is 20.7. The van der Waals surface area contributed by atoms with Crippen LogP contribution in [0.1, 0.15) is 5.82 Å². The molecule has 0 fully saturated rings. The molecule has 2 rings (SSSR count). The van der Waals surface area contributed by atoms with Crippen molar-refractivity contribution < 1.29 is 9.13 Å². The molecule has 0 aliphatic carbocycles. The van der Waals surface area contributed by atoms with Crippen LogP contribution in [0.4, 0.5) is 10.1 Å². The van der Waals surface area contributed by atoms with Crippen molar-refractivity contribution in [2.45, 2.75) is 13.5 Å². The van der Waals surface area contributed by atoms with Crippen LogP contribution in [0.5, 0.6) is 5.75 Å². The molecule has 0 bridgehead atoms. The summed E-state index contributed by atoms with van der Waals surface area (Å²) in [6.07, 6.45) is 3.58. The molecule has 17 heavy (non-hydrogen) atoms. The predicted octanol–water partition coefficient (Wildman–Crippen LogP) is 1.99. The Balaban J connectivity index is 1.92. The summed E-state index contributed by atoms with van der Waals surface area (Å²) in [4.78, 5) is 4.09. The van der Waals surface area contributed by atoms with Gasteiger partial charge in [-0.3, -0.25) is 0 Å². The van der Waals surface area contributed by atoms with Crippen molar-refractivity contribution in [2.24, 2.45) is 0 Å². The SMILES string of the molecule is Cc1nccn1CCOc1ccc(N)cc1F. The maximum absolute atomic E-state index is 13.4. The number of ether oxygens (including phenoxy) is 1. The molecule has 4 nitrogen and oxygen atoms in total. The highest BCUT2D eigenvalue weighted by atomic mass is 19.1. The predicted molar refractivity (Wildman–Crippen MR) is 63.3 cm³/mol. The van der Waals surface area contributed by atoms with Crippen LogP contribution >= 0.6 is 0 Å². The Morgan fingerprint density at radius 3 is 2.94 bits per heavy atom. The van der Waals surface area contributed by atoms with Gasteiger partial charge in [-0.1, -0.05) is 0 Å². The van der Waals surface area contributed by atoms with Crippen LogP contribution in [0, 0.1) is 12.7 Å². The van der Waals surface area contributed by atoms with E-state index in [0.717, 1.165) is 5.82 Å². The van der Waals surface area contributed by atoms with Crippen LogP contribution in [0.25, 0.3) is 0 Å². The van der Waals surface area contributed by atoms with Crippen molar-refractivity contribution >= 4 is 5.69 Å². The van der Waals surface area contributed by atoms with E-state index in [2.05, 4.69) is 4.98 Å². The van der Waals surface area contributed by atoms with E-state index >= 15 is 0 Å². The second-order valence-electron chi connectivity index (χ2n) is 3.71. The van der Waals surface area contributed by atoms with Crippen LogP contribution in [0.3, 0.4) is 0 Å². The molecular formula is C12H14FN3O. The van der Waals surface area contributed by atoms with Crippen molar-refractivity contribution in [3.8, 4) is 5.75 Å². The number of rotatable bonds is 4. The van der Waals surface area contributed by atoms with E-state index < -0.39 is 5.82 Å². The number of halogens is 1. The van der Waals surface area contributed by atoms with Crippen molar-refractivity contribution in [1.29, 1.82) is 0 Å². The second-order valence-corrected chi connectivity index (χ2v) is 3.71. The third-order valence-electron chi connectivity index (χ3n) is 2.47. The van der Waals surface area contributed by atoms with Crippen LogP contribution in [0.2, 0.25) is 0 Å². The molecule has 0 atom stereocenters. The van der Waals surface area contributed by atoms with E-state index in [-0.39, 0.29) is 5.75 Å². The Morgan fingerprint density at radius 1 is 1.47 bits per heavy atom. The maximum atomic E-state index is 13.4. The Bertz CT molecular complexity index is 510. The molecule has 5 heteroatoms. The van der Waals surface area contributed by atoms with Crippen molar-refractivity contribution in [1.82, 2.24) is 9.55 Å². The van der Waals surface area contributed by atoms with Crippen LogP contribution in [0.15, 0.2) is 30.6 Å². The van der Waals surface area contributed by atoms with E-state index in [1.54, 1.807) is 12.3 Å². The van der Waals surface area contributed by atoms with Crippen molar-refractivity contribution in [2.75, 3.05) is 12.3 Å². The van der Waals surface area contributed by atoms with Gasteiger partial charge < -0.3 is 15.0 Å². The number of hydrogen-bond donors (Lipinski definition) is 1. The number of aromatic nitrogens is 2. The first kappa shape index (κ1) is 11.4. The molecule has 0 unspecified atom stereocenters. The molecule has 2 aromatic rings. The lowest BCUT2D eigenvalue weighted by atomic mass is 10.3. The molecule has 1 aromatic carbocycles. The Morgan fingerprint density at radius 2 is 2.29 bits per heavy atom. The summed E-state index contributed by atoms with van der Waals surface area (Å²) >= 11 is 0. The molecular weight excluding hydrogens is 221 g/mol. The van der Waals surface area contributed by atoms with E-state index in [1.807, 2.05) is 17.7 Å². The zero-order chi connectivity index (χ0) is 12.3. The standard InChI is InChI=1S/C12H14FN3O/c1-9-15-4-5-16(9)6-7-17-12-3-2-10(14)8-11(12)13/h2-5,8H,6-7,14H2,1H3. The van der Waals surface area contributed by atoms with E-state index in [4.69, 9.17) is 10.5 Å². The number of imidazole rings is 1. The Labute approximate surface area is 98.8 Å². The lowest BCUT2D eigenvalue weighted by Gasteiger charge is -2.09. The first-order chi connectivity index (χ1) is 8.16. The van der Waals surface area contributed by atoms with Crippen molar-refractivity contribution in [3.05, 3.63) is 42.2 Å². The average Bonchev–Trinajstić information content (AvgIpc) is 2.68. The third-order valence-corrected chi connectivity index (χ3v) is 2.47. The topological polar surface area (TPSA) is 53.1 Å². The highest BCUT2D eigenvalue weighted by Gasteiger charge is 2.03. The average molecular weight is 235 g/mol. The van der Waals surface area contributed by atoms with Gasteiger partial charge in [0.25, 0.3) is 0 Å². The molecule has 1 heterocycles. The maximum Gasteiger partial charge on any atom is 0.167 e. The third kappa shape index (κ3) is 2.75. The van der Waals surface area contributed by atoms with E-state index in [0.29, 0.717) is 18.8 Å². The largest absolute Gasteiger partial charge is 0.489 e. The van der Waals surface area contributed by atoms with Gasteiger partial charge in [-0.15, -0.1) is 0 Å². The van der Waals surface area contributed by atoms with Gasteiger partial charge in [0.2, 0.25) is 0 Å². The Hall–Kier alpha value is -2.04. The minimum atomic E-state index is -0.438. The number of benzene rings is 1. The normalized spacial score (nSPS) is 10.5. The highest BCUT2D eigenvalue weighted by molar-refractivity contribution is 5.42. The van der Waals surface area contributed by atoms with Gasteiger partial charge in [0.15, 0.2) is 11.6 Å². The number of hydrogen-bond acceptors (Lipinski definition) is 3. The smallest absolute Gasteiger partial charge is 0.167 e. The molecule has 2 N–H and O–H groups in total. The number of nitrogens with zero attached hydrogens (tertiary/aromatic N) is 2. The molecule has 90 valence electrons. The summed E-state index contributed by atoms with van der Waals surface area (Å²) in [7, 11) is 0. The minimum absolute atomic E-state index is 0.219. The fourth-order valence-electron chi connectivity index (χ4n) is 1.53. The second kappa shape index (κ2) is 4.86. The zero-order valence-corrected chi connectivity index (χ0v) is 9.56. The summed E-state index contributed by atoms with van der Waals surface area (Å²) in [6.45, 7) is 2.93. The fourth-order valence-corrected chi connectivity index (χ4v) is 1.53. The van der Waals surface area contributed by atoms with Crippen LogP contribution in [-0.4, -0.2) is 16.2 Å². The molecule has 0 amide bonds. The molecule has 0 aliphatic rings. The quantitative estimate of drug-likeness (QED) is 0.824. The summed E-state index contributed by atoms with van der Waals surface area (Å²) in [5, 5.41) is 0. The van der Waals surface area contributed by atoms with Gasteiger partial charge in [0.1, 0.15) is 12.4 Å². The summed E-state index contributed by atoms with van der Waals surface area (Å²) in [5.41, 5.74) is 5.83. The molecule has 0 radical (unpaired) electrons. The van der Waals surface area contributed by atoms with Gasteiger partial charge in [-0.05, 0) is 19.1 Å². The van der Waals surface area contributed by atoms with Crippen molar-refractivity contribution in [3.63, 3.8) is 0 Å². The number of anilines is 1. The summed E-state index contributed by atoms with van der Waals surface area (Å²) in [5.74, 6) is 0.690. The number of nitrogen functional groups attached to an aromatic ring is 1.